The highest BCUT2D eigenvalue weighted by Crippen LogP contribution is 2.39. The fraction of sp³-hybridized carbons (Fsp3) is 0.286. The lowest BCUT2D eigenvalue weighted by Crippen LogP contribution is -2.41. The van der Waals surface area contributed by atoms with E-state index in [-0.39, 0.29) is 11.8 Å². The molecule has 0 spiro atoms. The van der Waals surface area contributed by atoms with Crippen molar-refractivity contribution in [1.29, 1.82) is 0 Å². The summed E-state index contributed by atoms with van der Waals surface area (Å²) in [6.07, 6.45) is 4.44. The molecule has 1 fully saturated rings. The van der Waals surface area contributed by atoms with E-state index in [1.807, 2.05) is 36.4 Å². The fourth-order valence-corrected chi connectivity index (χ4v) is 3.97. The second kappa shape index (κ2) is 6.23. The van der Waals surface area contributed by atoms with E-state index < -0.39 is 6.04 Å². The molecule has 0 saturated heterocycles. The molecule has 6 rings (SSSR count). The Bertz CT molecular complexity index is 1220. The number of imidazole rings is 1. The number of carbonyl (C=O) groups is 1. The van der Waals surface area contributed by atoms with Crippen LogP contribution < -0.4 is 0 Å². The quantitative estimate of drug-likeness (QED) is 0.581. The molecule has 1 amide bonds. The average molecular weight is 386 g/mol. The Morgan fingerprint density at radius 1 is 1.14 bits per heavy atom. The molecule has 8 heteroatoms. The van der Waals surface area contributed by atoms with Gasteiger partial charge in [0.05, 0.1) is 23.2 Å². The lowest BCUT2D eigenvalue weighted by molar-refractivity contribution is 0.0644. The van der Waals surface area contributed by atoms with Crippen LogP contribution in [0.5, 0.6) is 0 Å². The zero-order valence-corrected chi connectivity index (χ0v) is 15.6. The number of nitrogens with one attached hydrogen (secondary N) is 1. The molecule has 29 heavy (non-hydrogen) atoms. The molecule has 3 aromatic heterocycles. The number of carbonyl (C=O) groups excluding carboxylic acids is 1. The minimum Gasteiger partial charge on any atom is -0.417 e. The van der Waals surface area contributed by atoms with E-state index in [0.717, 1.165) is 40.8 Å². The molecule has 1 aliphatic carbocycles. The number of nitrogens with zero attached hydrogens (tertiary/aromatic N) is 5. The predicted octanol–water partition coefficient (Wildman–Crippen LogP) is 3.01. The van der Waals surface area contributed by atoms with E-state index in [0.29, 0.717) is 24.8 Å². The van der Waals surface area contributed by atoms with Crippen molar-refractivity contribution < 1.29 is 9.21 Å². The van der Waals surface area contributed by atoms with Crippen molar-refractivity contribution in [3.8, 4) is 0 Å². The number of hydrogen-bond acceptors (Lipinski definition) is 6. The summed E-state index contributed by atoms with van der Waals surface area (Å²) in [7, 11) is 0. The van der Waals surface area contributed by atoms with Crippen LogP contribution in [0.25, 0.3) is 10.9 Å². The van der Waals surface area contributed by atoms with Gasteiger partial charge < -0.3 is 14.3 Å². The molecule has 0 unspecified atom stereocenters. The van der Waals surface area contributed by atoms with Gasteiger partial charge in [0.15, 0.2) is 0 Å². The number of fused-ring (bicyclic) bond motifs is 2. The summed E-state index contributed by atoms with van der Waals surface area (Å²) >= 11 is 0. The molecule has 1 aromatic carbocycles. The van der Waals surface area contributed by atoms with E-state index in [1.165, 1.54) is 0 Å². The van der Waals surface area contributed by atoms with Crippen molar-refractivity contribution >= 4 is 16.8 Å². The van der Waals surface area contributed by atoms with Gasteiger partial charge >= 0.3 is 11.8 Å². The van der Waals surface area contributed by atoms with E-state index in [1.54, 1.807) is 11.2 Å². The minimum absolute atomic E-state index is 0.0386. The number of hydrogen-bond donors (Lipinski definition) is 1. The maximum Gasteiger partial charge on any atom is 0.312 e. The Morgan fingerprint density at radius 2 is 2.03 bits per heavy atom. The third kappa shape index (κ3) is 2.71. The molecule has 2 aliphatic rings. The predicted molar refractivity (Wildman–Crippen MR) is 103 cm³/mol. The van der Waals surface area contributed by atoms with Crippen molar-refractivity contribution in [3.63, 3.8) is 0 Å². The van der Waals surface area contributed by atoms with Crippen LogP contribution in [-0.2, 0) is 6.42 Å². The monoisotopic (exact) mass is 386 g/mol. The standard InChI is InChI=1S/C21H18N6O2/c28-21(20-26-25-19(29-20)13-5-6-13)27-10-9-15-17(23-11-22-15)18(27)16-8-7-12-3-1-2-4-14(12)24-16/h1-4,7-8,11,13,18H,5-6,9-10H2,(H,22,23)/t18-/m0/s1. The van der Waals surface area contributed by atoms with Gasteiger partial charge in [-0.2, -0.15) is 0 Å². The first-order valence-electron chi connectivity index (χ1n) is 9.80. The molecular formula is C21H18N6O2. The topological polar surface area (TPSA) is 101 Å². The Labute approximate surface area is 166 Å². The molecule has 4 heterocycles. The third-order valence-electron chi connectivity index (χ3n) is 5.64. The highest BCUT2D eigenvalue weighted by molar-refractivity contribution is 5.90. The molecule has 1 atom stereocenters. The highest BCUT2D eigenvalue weighted by atomic mass is 16.4. The summed E-state index contributed by atoms with van der Waals surface area (Å²) in [5.74, 6) is 0.627. The number of amides is 1. The molecule has 144 valence electrons. The van der Waals surface area contributed by atoms with Crippen LogP contribution in [-0.4, -0.2) is 42.5 Å². The average Bonchev–Trinajstić information content (AvgIpc) is 3.29. The minimum atomic E-state index is -0.404. The van der Waals surface area contributed by atoms with E-state index in [4.69, 9.17) is 9.40 Å². The molecule has 8 nitrogen and oxygen atoms in total. The zero-order valence-electron chi connectivity index (χ0n) is 15.6. The molecule has 0 bridgehead atoms. The summed E-state index contributed by atoms with van der Waals surface area (Å²) in [6.45, 7) is 0.522. The van der Waals surface area contributed by atoms with Gasteiger partial charge in [-0.25, -0.2) is 4.98 Å². The molecule has 1 saturated carbocycles. The van der Waals surface area contributed by atoms with Crippen LogP contribution >= 0.6 is 0 Å². The van der Waals surface area contributed by atoms with Crippen LogP contribution in [0.4, 0.5) is 0 Å². The van der Waals surface area contributed by atoms with Crippen molar-refractivity contribution in [3.05, 3.63) is 71.6 Å². The number of pyridine rings is 1. The Balaban J connectivity index is 1.43. The van der Waals surface area contributed by atoms with Gasteiger partial charge in [-0.3, -0.25) is 9.78 Å². The number of para-hydroxylation sites is 1. The van der Waals surface area contributed by atoms with Crippen molar-refractivity contribution in [2.75, 3.05) is 6.54 Å². The van der Waals surface area contributed by atoms with Gasteiger partial charge in [-0.05, 0) is 25.0 Å². The van der Waals surface area contributed by atoms with E-state index >= 15 is 0 Å². The third-order valence-corrected chi connectivity index (χ3v) is 5.64. The number of rotatable bonds is 3. The molecule has 1 aliphatic heterocycles. The molecular weight excluding hydrogens is 368 g/mol. The number of aromatic amines is 1. The first-order chi connectivity index (χ1) is 14.3. The first-order valence-corrected chi connectivity index (χ1v) is 9.80. The van der Waals surface area contributed by atoms with Gasteiger partial charge in [0.25, 0.3) is 0 Å². The SMILES string of the molecule is O=C(c1nnc(C2CC2)o1)N1CCc2[nH]cnc2[C@@H]1c1ccc2ccccc2n1. The van der Waals surface area contributed by atoms with Crippen LogP contribution in [0, 0.1) is 0 Å². The molecule has 1 N–H and O–H groups in total. The van der Waals surface area contributed by atoms with Crippen molar-refractivity contribution in [2.24, 2.45) is 0 Å². The van der Waals surface area contributed by atoms with Gasteiger partial charge in [0, 0.05) is 30.0 Å². The Morgan fingerprint density at radius 3 is 2.93 bits per heavy atom. The Hall–Kier alpha value is -3.55. The summed E-state index contributed by atoms with van der Waals surface area (Å²) in [5.41, 5.74) is 3.49. The van der Waals surface area contributed by atoms with Gasteiger partial charge in [-0.1, -0.05) is 24.3 Å². The number of aromatic nitrogens is 5. The maximum absolute atomic E-state index is 13.3. The maximum atomic E-state index is 13.3. The Kier molecular flexibility index (Phi) is 3.53. The fourth-order valence-electron chi connectivity index (χ4n) is 3.97. The highest BCUT2D eigenvalue weighted by Gasteiger charge is 2.38. The lowest BCUT2D eigenvalue weighted by Gasteiger charge is -2.33. The summed E-state index contributed by atoms with van der Waals surface area (Å²) in [4.78, 5) is 27.6. The first kappa shape index (κ1) is 16.4. The van der Waals surface area contributed by atoms with Crippen LogP contribution in [0.1, 0.15) is 58.5 Å². The zero-order chi connectivity index (χ0) is 19.4. The van der Waals surface area contributed by atoms with Gasteiger partial charge in [-0.15, -0.1) is 10.2 Å². The largest absolute Gasteiger partial charge is 0.417 e. The van der Waals surface area contributed by atoms with Crippen LogP contribution in [0.2, 0.25) is 0 Å². The number of benzene rings is 1. The summed E-state index contributed by atoms with van der Waals surface area (Å²) < 4.78 is 5.68. The molecule has 4 aromatic rings. The summed E-state index contributed by atoms with van der Waals surface area (Å²) in [5, 5.41) is 9.14. The van der Waals surface area contributed by atoms with Crippen molar-refractivity contribution in [1.82, 2.24) is 30.0 Å². The summed E-state index contributed by atoms with van der Waals surface area (Å²) in [6, 6.07) is 11.5. The van der Waals surface area contributed by atoms with Crippen LogP contribution in [0.3, 0.4) is 0 Å². The smallest absolute Gasteiger partial charge is 0.312 e. The van der Waals surface area contributed by atoms with E-state index in [9.17, 15) is 4.79 Å². The second-order valence-corrected chi connectivity index (χ2v) is 7.57. The number of H-pyrrole nitrogens is 1. The lowest BCUT2D eigenvalue weighted by atomic mass is 9.98. The molecule has 0 radical (unpaired) electrons. The van der Waals surface area contributed by atoms with E-state index in [2.05, 4.69) is 20.2 Å². The van der Waals surface area contributed by atoms with Crippen LogP contribution in [0.15, 0.2) is 47.1 Å². The van der Waals surface area contributed by atoms with Crippen molar-refractivity contribution in [2.45, 2.75) is 31.2 Å². The van der Waals surface area contributed by atoms with Gasteiger partial charge in [0.1, 0.15) is 6.04 Å². The van der Waals surface area contributed by atoms with Gasteiger partial charge in [0.2, 0.25) is 5.89 Å². The normalized spacial score (nSPS) is 18.8. The second-order valence-electron chi connectivity index (χ2n) is 7.57.